The summed E-state index contributed by atoms with van der Waals surface area (Å²) in [6.07, 6.45) is 1.13. The number of nitrogens with zero attached hydrogens (tertiary/aromatic N) is 1. The average molecular weight is 211 g/mol. The topological polar surface area (TPSA) is 51.5 Å². The van der Waals surface area contributed by atoms with Crippen LogP contribution in [-0.2, 0) is 18.2 Å². The monoisotopic (exact) mass is 211 g/mol. The summed E-state index contributed by atoms with van der Waals surface area (Å²) in [6.45, 7) is 1.75. The molecule has 0 fully saturated rings. The molecule has 1 N–H and O–H groups in total. The van der Waals surface area contributed by atoms with Gasteiger partial charge >= 0.3 is 5.97 Å². The number of hydrogen-bond donors (Lipinski definition) is 1. The molecule has 0 spiro atoms. The van der Waals surface area contributed by atoms with Crippen LogP contribution in [0.5, 0.6) is 0 Å². The second kappa shape index (κ2) is 4.98. The fourth-order valence-corrected chi connectivity index (χ4v) is 1.47. The van der Waals surface area contributed by atoms with Crippen LogP contribution in [0.2, 0.25) is 0 Å². The van der Waals surface area contributed by atoms with E-state index in [9.17, 15) is 4.79 Å². The van der Waals surface area contributed by atoms with Crippen molar-refractivity contribution in [3.05, 3.63) is 23.5 Å². The number of methoxy groups -OCH3 is 1. The van der Waals surface area contributed by atoms with E-state index in [-0.39, 0.29) is 12.1 Å². The van der Waals surface area contributed by atoms with Crippen LogP contribution in [0.15, 0.2) is 12.1 Å². The maximum Gasteiger partial charge on any atom is 0.354 e. The number of rotatable bonds is 4. The van der Waals surface area contributed by atoms with Gasteiger partial charge < -0.3 is 14.4 Å². The van der Waals surface area contributed by atoms with Crippen molar-refractivity contribution in [2.24, 2.45) is 7.05 Å². The quantitative estimate of drug-likeness (QED) is 0.759. The lowest BCUT2D eigenvalue weighted by molar-refractivity contribution is 0.0589. The molecular weight excluding hydrogens is 194 g/mol. The van der Waals surface area contributed by atoms with E-state index in [1.165, 1.54) is 7.11 Å². The zero-order chi connectivity index (χ0) is 11.4. The molecule has 0 aliphatic heterocycles. The molecule has 4 heteroatoms. The molecule has 4 nitrogen and oxygen atoms in total. The number of ether oxygens (including phenoxy) is 1. The van der Waals surface area contributed by atoms with Crippen molar-refractivity contribution in [2.75, 3.05) is 7.11 Å². The highest BCUT2D eigenvalue weighted by atomic mass is 16.5. The van der Waals surface area contributed by atoms with Crippen molar-refractivity contribution in [1.29, 1.82) is 0 Å². The Balaban J connectivity index is 2.75. The first-order chi connectivity index (χ1) is 7.06. The average Bonchev–Trinajstić information content (AvgIpc) is 2.56. The third-order valence-corrected chi connectivity index (χ3v) is 2.44. The van der Waals surface area contributed by atoms with Gasteiger partial charge in [-0.2, -0.15) is 0 Å². The molecule has 0 unspecified atom stereocenters. The summed E-state index contributed by atoms with van der Waals surface area (Å²) < 4.78 is 6.45. The Bertz CT molecular complexity index is 342. The van der Waals surface area contributed by atoms with Gasteiger partial charge in [-0.15, -0.1) is 0 Å². The molecule has 0 aliphatic rings. The molecule has 1 heterocycles. The molecule has 1 aromatic rings. The van der Waals surface area contributed by atoms with E-state index in [0.717, 1.165) is 12.1 Å². The first-order valence-corrected chi connectivity index (χ1v) is 4.97. The summed E-state index contributed by atoms with van der Waals surface area (Å²) in [6, 6.07) is 3.62. The summed E-state index contributed by atoms with van der Waals surface area (Å²) in [5.41, 5.74) is 1.56. The maximum absolute atomic E-state index is 11.3. The third kappa shape index (κ3) is 2.83. The fourth-order valence-electron chi connectivity index (χ4n) is 1.47. The Hall–Kier alpha value is -1.29. The van der Waals surface area contributed by atoms with E-state index < -0.39 is 0 Å². The predicted octanol–water partition coefficient (Wildman–Crippen LogP) is 1.13. The largest absolute Gasteiger partial charge is 0.464 e. The second-order valence-corrected chi connectivity index (χ2v) is 3.65. The number of aromatic nitrogens is 1. The van der Waals surface area contributed by atoms with E-state index in [1.54, 1.807) is 17.6 Å². The number of aliphatic hydroxyl groups excluding tert-OH is 1. The normalized spacial score (nSPS) is 12.5. The SMILES string of the molecule is COC(=O)c1ccc(CC[C@@H](C)O)n1C. The number of hydrogen-bond acceptors (Lipinski definition) is 3. The van der Waals surface area contributed by atoms with Gasteiger partial charge in [0, 0.05) is 12.7 Å². The number of aliphatic hydroxyl groups is 1. The minimum atomic E-state index is -0.333. The number of esters is 1. The van der Waals surface area contributed by atoms with Crippen LogP contribution in [0.25, 0.3) is 0 Å². The van der Waals surface area contributed by atoms with Gasteiger partial charge in [-0.3, -0.25) is 0 Å². The third-order valence-electron chi connectivity index (χ3n) is 2.44. The molecule has 0 saturated carbocycles. The van der Waals surface area contributed by atoms with Crippen LogP contribution in [0, 0.1) is 0 Å². The van der Waals surface area contributed by atoms with E-state index in [2.05, 4.69) is 4.74 Å². The molecule has 0 saturated heterocycles. The summed E-state index contributed by atoms with van der Waals surface area (Å²) in [5.74, 6) is -0.333. The van der Waals surface area contributed by atoms with Gasteiger partial charge in [0.25, 0.3) is 0 Å². The Labute approximate surface area is 89.5 Å². The van der Waals surface area contributed by atoms with Gasteiger partial charge in [-0.1, -0.05) is 0 Å². The summed E-state index contributed by atoms with van der Waals surface area (Å²) in [7, 11) is 3.19. The van der Waals surface area contributed by atoms with Crippen LogP contribution in [0.1, 0.15) is 29.5 Å². The number of carbonyl (C=O) groups is 1. The summed E-state index contributed by atoms with van der Waals surface area (Å²) >= 11 is 0. The van der Waals surface area contributed by atoms with E-state index in [0.29, 0.717) is 12.1 Å². The Morgan fingerprint density at radius 2 is 2.27 bits per heavy atom. The van der Waals surface area contributed by atoms with E-state index in [1.807, 2.05) is 13.1 Å². The molecule has 0 aromatic carbocycles. The zero-order valence-electron chi connectivity index (χ0n) is 9.36. The molecule has 0 radical (unpaired) electrons. The highest BCUT2D eigenvalue weighted by Crippen LogP contribution is 2.11. The van der Waals surface area contributed by atoms with Crippen LogP contribution >= 0.6 is 0 Å². The van der Waals surface area contributed by atoms with E-state index >= 15 is 0 Å². The fraction of sp³-hybridized carbons (Fsp3) is 0.545. The lowest BCUT2D eigenvalue weighted by Crippen LogP contribution is -2.10. The lowest BCUT2D eigenvalue weighted by atomic mass is 10.2. The minimum absolute atomic E-state index is 0.318. The van der Waals surface area contributed by atoms with Crippen molar-refractivity contribution in [3.8, 4) is 0 Å². The Morgan fingerprint density at radius 3 is 2.80 bits per heavy atom. The first-order valence-electron chi connectivity index (χ1n) is 4.97. The highest BCUT2D eigenvalue weighted by molar-refractivity contribution is 5.87. The highest BCUT2D eigenvalue weighted by Gasteiger charge is 2.12. The van der Waals surface area contributed by atoms with Gasteiger partial charge in [0.05, 0.1) is 13.2 Å². The van der Waals surface area contributed by atoms with Gasteiger partial charge in [0.2, 0.25) is 0 Å². The van der Waals surface area contributed by atoms with Gasteiger partial charge in [0.1, 0.15) is 5.69 Å². The number of aryl methyl sites for hydroxylation is 1. The molecule has 1 rings (SSSR count). The summed E-state index contributed by atoms with van der Waals surface area (Å²) in [4.78, 5) is 11.3. The van der Waals surface area contributed by atoms with Crippen molar-refractivity contribution in [1.82, 2.24) is 4.57 Å². The van der Waals surface area contributed by atoms with Crippen molar-refractivity contribution in [3.63, 3.8) is 0 Å². The molecule has 15 heavy (non-hydrogen) atoms. The second-order valence-electron chi connectivity index (χ2n) is 3.65. The standard InChI is InChI=1S/C11H17NO3/c1-8(13)4-5-9-6-7-10(12(9)2)11(14)15-3/h6-8,13H,4-5H2,1-3H3/t8-/m1/s1. The molecule has 84 valence electrons. The Kier molecular flexibility index (Phi) is 3.91. The summed E-state index contributed by atoms with van der Waals surface area (Å²) in [5, 5.41) is 9.17. The molecule has 0 bridgehead atoms. The molecule has 1 atom stereocenters. The molecule has 1 aromatic heterocycles. The van der Waals surface area contributed by atoms with Gasteiger partial charge in [0.15, 0.2) is 0 Å². The molecule has 0 aliphatic carbocycles. The minimum Gasteiger partial charge on any atom is -0.464 e. The predicted molar refractivity (Wildman–Crippen MR) is 56.8 cm³/mol. The van der Waals surface area contributed by atoms with Gasteiger partial charge in [-0.05, 0) is 31.9 Å². The van der Waals surface area contributed by atoms with Crippen LogP contribution < -0.4 is 0 Å². The molecular formula is C11H17NO3. The van der Waals surface area contributed by atoms with E-state index in [4.69, 9.17) is 5.11 Å². The first kappa shape index (κ1) is 11.8. The molecule has 0 amide bonds. The maximum atomic E-state index is 11.3. The van der Waals surface area contributed by atoms with Crippen LogP contribution in [-0.4, -0.2) is 28.9 Å². The van der Waals surface area contributed by atoms with Crippen molar-refractivity contribution in [2.45, 2.75) is 25.9 Å². The number of carbonyl (C=O) groups excluding carboxylic acids is 1. The zero-order valence-corrected chi connectivity index (χ0v) is 9.36. The lowest BCUT2D eigenvalue weighted by Gasteiger charge is -2.07. The van der Waals surface area contributed by atoms with Crippen LogP contribution in [0.3, 0.4) is 0 Å². The Morgan fingerprint density at radius 1 is 1.60 bits per heavy atom. The van der Waals surface area contributed by atoms with Gasteiger partial charge in [-0.25, -0.2) is 4.79 Å². The van der Waals surface area contributed by atoms with Crippen LogP contribution in [0.4, 0.5) is 0 Å². The smallest absolute Gasteiger partial charge is 0.354 e. The van der Waals surface area contributed by atoms with Crippen molar-refractivity contribution >= 4 is 5.97 Å². The van der Waals surface area contributed by atoms with Crippen molar-refractivity contribution < 1.29 is 14.6 Å².